The molecule has 0 bridgehead atoms. The first-order chi connectivity index (χ1) is 15.4. The molecule has 1 N–H and O–H groups in total. The number of rotatable bonds is 4. The van der Waals surface area contributed by atoms with Crippen molar-refractivity contribution in [2.24, 2.45) is 0 Å². The Bertz CT molecular complexity index is 1460. The van der Waals surface area contributed by atoms with E-state index in [2.05, 4.69) is 15.4 Å². The average molecular weight is 447 g/mol. The van der Waals surface area contributed by atoms with Crippen LogP contribution in [0.4, 0.5) is 4.79 Å². The first-order valence-electron chi connectivity index (χ1n) is 9.80. The number of hydrogen-bond donors (Lipinski definition) is 1. The quantitative estimate of drug-likeness (QED) is 0.474. The highest BCUT2D eigenvalue weighted by Gasteiger charge is 2.25. The van der Waals surface area contributed by atoms with E-state index in [1.54, 1.807) is 18.5 Å². The molecule has 0 atom stereocenters. The first kappa shape index (κ1) is 20.0. The van der Waals surface area contributed by atoms with E-state index >= 15 is 0 Å². The van der Waals surface area contributed by atoms with Gasteiger partial charge in [0.25, 0.3) is 11.1 Å². The van der Waals surface area contributed by atoms with Crippen molar-refractivity contribution in [1.82, 2.24) is 24.6 Å². The lowest BCUT2D eigenvalue weighted by Crippen LogP contribution is -2.25. The van der Waals surface area contributed by atoms with Gasteiger partial charge in [-0.05, 0) is 49.4 Å². The molecule has 0 radical (unpaired) electrons. The number of fused-ring (bicyclic) bond motifs is 1. The van der Waals surface area contributed by atoms with Crippen LogP contribution in [0.15, 0.2) is 63.2 Å². The summed E-state index contributed by atoms with van der Waals surface area (Å²) in [6, 6.07) is 9.16. The second kappa shape index (κ2) is 7.65. The summed E-state index contributed by atoms with van der Waals surface area (Å²) in [4.78, 5) is 40.3. The molecular weight excluding hydrogens is 430 g/mol. The molecule has 9 nitrogen and oxygen atoms in total. The van der Waals surface area contributed by atoms with Crippen LogP contribution >= 0.6 is 11.8 Å². The number of pyridine rings is 1. The van der Waals surface area contributed by atoms with Crippen LogP contribution in [-0.4, -0.2) is 30.5 Å². The summed E-state index contributed by atoms with van der Waals surface area (Å²) in [5, 5.41) is 6.74. The fourth-order valence-electron chi connectivity index (χ4n) is 3.46. The molecule has 1 aliphatic heterocycles. The molecule has 0 aliphatic carbocycles. The lowest BCUT2D eigenvalue weighted by Gasteiger charge is -2.05. The fraction of sp³-hybridized carbons (Fsp3) is 0.136. The molecule has 1 aliphatic rings. The Labute approximate surface area is 185 Å². The minimum absolute atomic E-state index is 0.0263. The molecule has 2 amide bonds. The lowest BCUT2D eigenvalue weighted by molar-refractivity contribution is -0.115. The molecule has 160 valence electrons. The van der Waals surface area contributed by atoms with E-state index in [0.29, 0.717) is 17.0 Å². The monoisotopic (exact) mass is 447 g/mol. The Balaban J connectivity index is 1.51. The van der Waals surface area contributed by atoms with Crippen LogP contribution in [0, 0.1) is 0 Å². The molecule has 4 heterocycles. The lowest BCUT2D eigenvalue weighted by atomic mass is 10.1. The van der Waals surface area contributed by atoms with Crippen LogP contribution in [0.25, 0.3) is 33.9 Å². The van der Waals surface area contributed by atoms with Crippen molar-refractivity contribution in [2.75, 3.05) is 0 Å². The number of nitrogens with zero attached hydrogens (tertiary/aromatic N) is 4. The van der Waals surface area contributed by atoms with Crippen LogP contribution < -0.4 is 11.0 Å². The molecule has 0 unspecified atom stereocenters. The predicted molar refractivity (Wildman–Crippen MR) is 120 cm³/mol. The Morgan fingerprint density at radius 1 is 1.12 bits per heavy atom. The second-order valence-electron chi connectivity index (χ2n) is 7.48. The van der Waals surface area contributed by atoms with Gasteiger partial charge in [0.1, 0.15) is 17.7 Å². The third-order valence-corrected chi connectivity index (χ3v) is 5.81. The van der Waals surface area contributed by atoms with Gasteiger partial charge < -0.3 is 4.42 Å². The molecule has 1 saturated heterocycles. The number of nitrogens with one attached hydrogen (secondary N) is 1. The van der Waals surface area contributed by atoms with E-state index < -0.39 is 11.1 Å². The molecule has 3 aromatic heterocycles. The van der Waals surface area contributed by atoms with Gasteiger partial charge in [0.2, 0.25) is 0 Å². The Hall–Kier alpha value is -3.92. The molecule has 0 saturated carbocycles. The average Bonchev–Trinajstić information content (AvgIpc) is 3.44. The number of carbonyl (C=O) groups excluding carboxylic acids is 2. The maximum Gasteiger partial charge on any atom is 0.350 e. The van der Waals surface area contributed by atoms with Crippen molar-refractivity contribution in [1.29, 1.82) is 0 Å². The van der Waals surface area contributed by atoms with Crippen molar-refractivity contribution in [3.05, 3.63) is 70.2 Å². The van der Waals surface area contributed by atoms with E-state index in [4.69, 9.17) is 4.42 Å². The molecule has 1 aromatic carbocycles. The first-order valence-corrected chi connectivity index (χ1v) is 10.6. The van der Waals surface area contributed by atoms with Gasteiger partial charge in [0.05, 0.1) is 16.6 Å². The fourth-order valence-corrected chi connectivity index (χ4v) is 4.12. The summed E-state index contributed by atoms with van der Waals surface area (Å²) in [5.74, 6) is 0.0105. The largest absolute Gasteiger partial charge is 0.456 e. The minimum atomic E-state index is -0.439. The summed E-state index contributed by atoms with van der Waals surface area (Å²) < 4.78 is 8.89. The Morgan fingerprint density at radius 2 is 1.91 bits per heavy atom. The molecule has 0 spiro atoms. The van der Waals surface area contributed by atoms with Crippen molar-refractivity contribution < 1.29 is 14.0 Å². The number of furan rings is 1. The van der Waals surface area contributed by atoms with Crippen LogP contribution in [0.5, 0.6) is 0 Å². The molecule has 1 fully saturated rings. The normalized spacial score (nSPS) is 15.3. The summed E-state index contributed by atoms with van der Waals surface area (Å²) in [5.41, 5.74) is 2.73. The second-order valence-corrected chi connectivity index (χ2v) is 8.49. The van der Waals surface area contributed by atoms with Gasteiger partial charge in [-0.15, -0.1) is 0 Å². The Kier molecular flexibility index (Phi) is 4.78. The minimum Gasteiger partial charge on any atom is -0.456 e. The van der Waals surface area contributed by atoms with Crippen molar-refractivity contribution in [2.45, 2.75) is 19.9 Å². The van der Waals surface area contributed by atoms with Crippen molar-refractivity contribution in [3.8, 4) is 16.8 Å². The highest BCUT2D eigenvalue weighted by atomic mass is 32.2. The standard InChI is InChI=1S/C22H17N5O4S/c1-12(2)27-22(30)26(11-24-27)15-5-3-13(4-6-15)17-10-23-9-14-7-16(31-19(14)17)8-18-20(28)25-21(29)32-18/h3-12H,1-2H3,(H,25,28,29). The summed E-state index contributed by atoms with van der Waals surface area (Å²) in [6.45, 7) is 3.80. The van der Waals surface area contributed by atoms with Gasteiger partial charge >= 0.3 is 5.69 Å². The van der Waals surface area contributed by atoms with Gasteiger partial charge in [0, 0.05) is 29.4 Å². The van der Waals surface area contributed by atoms with Crippen molar-refractivity contribution in [3.63, 3.8) is 0 Å². The van der Waals surface area contributed by atoms with Crippen LogP contribution in [-0.2, 0) is 4.79 Å². The number of hydrogen-bond acceptors (Lipinski definition) is 7. The highest BCUT2D eigenvalue weighted by molar-refractivity contribution is 8.18. The molecule has 4 aromatic rings. The number of aromatic nitrogens is 4. The van der Waals surface area contributed by atoms with Crippen LogP contribution in [0.2, 0.25) is 0 Å². The third kappa shape index (κ3) is 3.44. The topological polar surface area (TPSA) is 112 Å². The zero-order valence-electron chi connectivity index (χ0n) is 17.1. The van der Waals surface area contributed by atoms with Crippen LogP contribution in [0.1, 0.15) is 25.6 Å². The maximum atomic E-state index is 12.5. The third-order valence-electron chi connectivity index (χ3n) is 5.00. The number of amides is 2. The van der Waals surface area contributed by atoms with E-state index in [1.807, 2.05) is 38.1 Å². The zero-order chi connectivity index (χ0) is 22.4. The van der Waals surface area contributed by atoms with Gasteiger partial charge in [0.15, 0.2) is 0 Å². The number of imide groups is 1. The predicted octanol–water partition coefficient (Wildman–Crippen LogP) is 3.75. The zero-order valence-corrected chi connectivity index (χ0v) is 17.9. The Morgan fingerprint density at radius 3 is 2.56 bits per heavy atom. The number of thioether (sulfide) groups is 1. The summed E-state index contributed by atoms with van der Waals surface area (Å²) in [6.07, 6.45) is 6.41. The van der Waals surface area contributed by atoms with Crippen LogP contribution in [0.3, 0.4) is 0 Å². The SMILES string of the molecule is CC(C)n1ncn(-c2ccc(-c3cncc4cc(C=C5SC(=O)NC5=O)oc34)cc2)c1=O. The number of carbonyl (C=O) groups is 2. The van der Waals surface area contributed by atoms with Crippen molar-refractivity contribution >= 4 is 40.0 Å². The highest BCUT2D eigenvalue weighted by Crippen LogP contribution is 2.33. The maximum absolute atomic E-state index is 12.5. The molecule has 5 rings (SSSR count). The van der Waals surface area contributed by atoms with Gasteiger partial charge in [-0.2, -0.15) is 5.10 Å². The van der Waals surface area contributed by atoms with Gasteiger partial charge in [-0.25, -0.2) is 14.0 Å². The van der Waals surface area contributed by atoms with E-state index in [0.717, 1.165) is 28.3 Å². The van der Waals surface area contributed by atoms with E-state index in [-0.39, 0.29) is 16.6 Å². The summed E-state index contributed by atoms with van der Waals surface area (Å²) in [7, 11) is 0. The van der Waals surface area contributed by atoms with Gasteiger partial charge in [-0.3, -0.25) is 19.9 Å². The summed E-state index contributed by atoms with van der Waals surface area (Å²) >= 11 is 0.834. The molecular formula is C22H17N5O4S. The number of benzene rings is 1. The van der Waals surface area contributed by atoms with E-state index in [9.17, 15) is 14.4 Å². The molecule has 10 heteroatoms. The van der Waals surface area contributed by atoms with E-state index in [1.165, 1.54) is 21.7 Å². The smallest absolute Gasteiger partial charge is 0.350 e. The van der Waals surface area contributed by atoms with Gasteiger partial charge in [-0.1, -0.05) is 12.1 Å². The molecule has 32 heavy (non-hydrogen) atoms.